The first-order valence-corrected chi connectivity index (χ1v) is 6.45. The van der Waals surface area contributed by atoms with Gasteiger partial charge in [0.1, 0.15) is 0 Å². The molecule has 2 aliphatic rings. The summed E-state index contributed by atoms with van der Waals surface area (Å²) in [6.07, 6.45) is 2.49. The van der Waals surface area contributed by atoms with Crippen molar-refractivity contribution in [3.05, 3.63) is 34.9 Å². The molecule has 17 heavy (non-hydrogen) atoms. The van der Waals surface area contributed by atoms with Gasteiger partial charge in [-0.3, -0.25) is 4.99 Å². The Labute approximate surface area is 106 Å². The van der Waals surface area contributed by atoms with E-state index in [1.165, 1.54) is 18.4 Å². The second-order valence-corrected chi connectivity index (χ2v) is 5.23. The van der Waals surface area contributed by atoms with Gasteiger partial charge in [0.05, 0.1) is 6.54 Å². The van der Waals surface area contributed by atoms with Crippen LogP contribution in [0.5, 0.6) is 0 Å². The maximum absolute atomic E-state index is 5.92. The van der Waals surface area contributed by atoms with E-state index in [9.17, 15) is 0 Å². The van der Waals surface area contributed by atoms with Crippen molar-refractivity contribution >= 4 is 17.6 Å². The zero-order valence-corrected chi connectivity index (χ0v) is 10.4. The van der Waals surface area contributed by atoms with Gasteiger partial charge in [0, 0.05) is 23.5 Å². The van der Waals surface area contributed by atoms with E-state index in [0.717, 1.165) is 30.6 Å². The van der Waals surface area contributed by atoms with E-state index in [-0.39, 0.29) is 0 Å². The fraction of sp³-hybridized carbons (Fsp3) is 0.462. The van der Waals surface area contributed by atoms with Crippen LogP contribution in [0, 0.1) is 0 Å². The molecule has 1 fully saturated rings. The normalized spacial score (nSPS) is 20.6. The van der Waals surface area contributed by atoms with Crippen molar-refractivity contribution in [2.75, 3.05) is 19.6 Å². The van der Waals surface area contributed by atoms with Crippen LogP contribution in [0.1, 0.15) is 18.4 Å². The molecular weight excluding hydrogens is 234 g/mol. The van der Waals surface area contributed by atoms with E-state index in [2.05, 4.69) is 27.8 Å². The first kappa shape index (κ1) is 10.9. The topological polar surface area (TPSA) is 36.4 Å². The van der Waals surface area contributed by atoms with Gasteiger partial charge >= 0.3 is 0 Å². The minimum Gasteiger partial charge on any atom is -0.356 e. The molecule has 3 rings (SSSR count). The Morgan fingerprint density at radius 2 is 2.06 bits per heavy atom. The molecule has 3 nitrogen and oxygen atoms in total. The molecule has 4 heteroatoms. The minimum atomic E-state index is 0.303. The van der Waals surface area contributed by atoms with Crippen molar-refractivity contribution in [3.8, 4) is 0 Å². The summed E-state index contributed by atoms with van der Waals surface area (Å²) in [6, 6.07) is 8.23. The van der Waals surface area contributed by atoms with Crippen molar-refractivity contribution in [3.63, 3.8) is 0 Å². The first-order chi connectivity index (χ1) is 8.28. The highest BCUT2D eigenvalue weighted by Gasteiger charge is 2.44. The van der Waals surface area contributed by atoms with Gasteiger partial charge in [0.15, 0.2) is 5.96 Å². The SMILES string of the molecule is Clc1ccc(C2(CNC3=NCCN3)CC2)cc1. The Kier molecular flexibility index (Phi) is 2.71. The predicted molar refractivity (Wildman–Crippen MR) is 70.7 cm³/mol. The van der Waals surface area contributed by atoms with E-state index < -0.39 is 0 Å². The van der Waals surface area contributed by atoms with Crippen molar-refractivity contribution in [1.29, 1.82) is 0 Å². The summed E-state index contributed by atoms with van der Waals surface area (Å²) in [5, 5.41) is 7.44. The van der Waals surface area contributed by atoms with Gasteiger partial charge in [-0.1, -0.05) is 23.7 Å². The van der Waals surface area contributed by atoms with Gasteiger partial charge < -0.3 is 10.6 Å². The van der Waals surface area contributed by atoms with E-state index >= 15 is 0 Å². The number of nitrogens with zero attached hydrogens (tertiary/aromatic N) is 1. The fourth-order valence-corrected chi connectivity index (χ4v) is 2.42. The standard InChI is InChI=1S/C13H16ClN3/c14-11-3-1-10(2-4-11)13(5-6-13)9-17-12-15-7-8-16-12/h1-4H,5-9H2,(H2,15,16,17). The quantitative estimate of drug-likeness (QED) is 0.859. The number of nitrogens with one attached hydrogen (secondary N) is 2. The molecule has 0 spiro atoms. The number of benzene rings is 1. The van der Waals surface area contributed by atoms with Crippen molar-refractivity contribution in [1.82, 2.24) is 10.6 Å². The molecule has 0 saturated heterocycles. The molecule has 0 atom stereocenters. The van der Waals surface area contributed by atoms with E-state index in [1.807, 2.05) is 12.1 Å². The van der Waals surface area contributed by atoms with E-state index in [1.54, 1.807) is 0 Å². The number of aliphatic imine (C=N–C) groups is 1. The highest BCUT2D eigenvalue weighted by molar-refractivity contribution is 6.30. The highest BCUT2D eigenvalue weighted by atomic mass is 35.5. The molecule has 0 radical (unpaired) electrons. The minimum absolute atomic E-state index is 0.303. The second kappa shape index (κ2) is 4.22. The third-order valence-electron chi connectivity index (χ3n) is 3.58. The summed E-state index contributed by atoms with van der Waals surface area (Å²) in [7, 11) is 0. The molecule has 1 saturated carbocycles. The highest BCUT2D eigenvalue weighted by Crippen LogP contribution is 2.47. The molecule has 90 valence electrons. The Bertz CT molecular complexity index is 434. The van der Waals surface area contributed by atoms with Crippen LogP contribution >= 0.6 is 11.6 Å². The summed E-state index contributed by atoms with van der Waals surface area (Å²) in [5.41, 5.74) is 1.69. The molecule has 0 unspecified atom stereocenters. The molecule has 0 amide bonds. The van der Waals surface area contributed by atoms with Gasteiger partial charge in [-0.25, -0.2) is 0 Å². The van der Waals surface area contributed by atoms with Crippen molar-refractivity contribution in [2.24, 2.45) is 4.99 Å². The largest absolute Gasteiger partial charge is 0.356 e. The van der Waals surface area contributed by atoms with Gasteiger partial charge in [0.25, 0.3) is 0 Å². The Balaban J connectivity index is 1.67. The summed E-state index contributed by atoms with van der Waals surface area (Å²) in [5.74, 6) is 0.949. The predicted octanol–water partition coefficient (Wildman–Crippen LogP) is 1.92. The lowest BCUT2D eigenvalue weighted by Crippen LogP contribution is -2.38. The summed E-state index contributed by atoms with van der Waals surface area (Å²) >= 11 is 5.92. The molecule has 2 N–H and O–H groups in total. The van der Waals surface area contributed by atoms with Crippen LogP contribution in [0.4, 0.5) is 0 Å². The average Bonchev–Trinajstić information content (AvgIpc) is 2.95. The van der Waals surface area contributed by atoms with Crippen molar-refractivity contribution in [2.45, 2.75) is 18.3 Å². The maximum Gasteiger partial charge on any atom is 0.191 e. The summed E-state index contributed by atoms with van der Waals surface area (Å²) in [4.78, 5) is 4.35. The zero-order valence-electron chi connectivity index (χ0n) is 9.67. The van der Waals surface area contributed by atoms with Crippen LogP contribution in [-0.4, -0.2) is 25.6 Å². The van der Waals surface area contributed by atoms with Gasteiger partial charge in [-0.05, 0) is 30.5 Å². The molecule has 1 aliphatic carbocycles. The Morgan fingerprint density at radius 3 is 2.65 bits per heavy atom. The third kappa shape index (κ3) is 2.25. The molecule has 1 aromatic carbocycles. The van der Waals surface area contributed by atoms with Crippen LogP contribution in [0.2, 0.25) is 5.02 Å². The second-order valence-electron chi connectivity index (χ2n) is 4.80. The molecule has 1 aromatic rings. The molecule has 0 bridgehead atoms. The van der Waals surface area contributed by atoms with Crippen LogP contribution < -0.4 is 10.6 Å². The van der Waals surface area contributed by atoms with E-state index in [4.69, 9.17) is 11.6 Å². The first-order valence-electron chi connectivity index (χ1n) is 6.07. The fourth-order valence-electron chi connectivity index (χ4n) is 2.29. The molecular formula is C13H16ClN3. The number of rotatable bonds is 3. The summed E-state index contributed by atoms with van der Waals surface area (Å²) in [6.45, 7) is 2.80. The zero-order chi connectivity index (χ0) is 11.7. The lowest BCUT2D eigenvalue weighted by Gasteiger charge is -2.17. The average molecular weight is 250 g/mol. The van der Waals surface area contributed by atoms with Crippen LogP contribution in [0.25, 0.3) is 0 Å². The smallest absolute Gasteiger partial charge is 0.191 e. The number of halogens is 1. The van der Waals surface area contributed by atoms with Crippen LogP contribution in [-0.2, 0) is 5.41 Å². The number of hydrogen-bond donors (Lipinski definition) is 2. The Morgan fingerprint density at radius 1 is 1.29 bits per heavy atom. The lowest BCUT2D eigenvalue weighted by atomic mass is 9.96. The summed E-state index contributed by atoms with van der Waals surface area (Å²) < 4.78 is 0. The number of guanidine groups is 1. The molecule has 1 aliphatic heterocycles. The van der Waals surface area contributed by atoms with Gasteiger partial charge in [-0.2, -0.15) is 0 Å². The third-order valence-corrected chi connectivity index (χ3v) is 3.83. The molecule has 1 heterocycles. The monoisotopic (exact) mass is 249 g/mol. The van der Waals surface area contributed by atoms with Gasteiger partial charge in [0.2, 0.25) is 0 Å². The van der Waals surface area contributed by atoms with Crippen LogP contribution in [0.3, 0.4) is 0 Å². The van der Waals surface area contributed by atoms with Crippen molar-refractivity contribution < 1.29 is 0 Å². The number of hydrogen-bond acceptors (Lipinski definition) is 3. The molecule has 0 aromatic heterocycles. The van der Waals surface area contributed by atoms with Gasteiger partial charge in [-0.15, -0.1) is 0 Å². The lowest BCUT2D eigenvalue weighted by molar-refractivity contribution is 0.653. The van der Waals surface area contributed by atoms with Crippen LogP contribution in [0.15, 0.2) is 29.3 Å². The Hall–Kier alpha value is -1.22. The maximum atomic E-state index is 5.92. The van der Waals surface area contributed by atoms with E-state index in [0.29, 0.717) is 5.41 Å².